The van der Waals surface area contributed by atoms with E-state index in [0.717, 1.165) is 38.3 Å². The SMILES string of the molecule is Cc1ccc(NC(=O)CN2CCN(C(=O)[C@@H]3C[C@H]3C)CC2)cc1. The average Bonchev–Trinajstić information content (AvgIpc) is 3.26. The molecule has 1 saturated carbocycles. The molecule has 0 bridgehead atoms. The van der Waals surface area contributed by atoms with Crippen LogP contribution >= 0.6 is 0 Å². The zero-order chi connectivity index (χ0) is 16.4. The van der Waals surface area contributed by atoms with E-state index in [-0.39, 0.29) is 11.8 Å². The number of amides is 2. The summed E-state index contributed by atoms with van der Waals surface area (Å²) in [6.45, 7) is 7.56. The molecule has 5 nitrogen and oxygen atoms in total. The third-order valence-electron chi connectivity index (χ3n) is 4.81. The molecule has 1 saturated heterocycles. The van der Waals surface area contributed by atoms with E-state index in [1.165, 1.54) is 5.56 Å². The molecular weight excluding hydrogens is 290 g/mol. The van der Waals surface area contributed by atoms with Gasteiger partial charge in [0.15, 0.2) is 0 Å². The fourth-order valence-corrected chi connectivity index (χ4v) is 3.07. The van der Waals surface area contributed by atoms with Gasteiger partial charge in [0.1, 0.15) is 0 Å². The Balaban J connectivity index is 1.42. The fourth-order valence-electron chi connectivity index (χ4n) is 3.07. The number of piperazine rings is 1. The fraction of sp³-hybridized carbons (Fsp3) is 0.556. The van der Waals surface area contributed by atoms with E-state index in [1.54, 1.807) is 0 Å². The van der Waals surface area contributed by atoms with E-state index >= 15 is 0 Å². The summed E-state index contributed by atoms with van der Waals surface area (Å²) < 4.78 is 0. The lowest BCUT2D eigenvalue weighted by atomic mass is 10.2. The van der Waals surface area contributed by atoms with Crippen molar-refractivity contribution < 1.29 is 9.59 Å². The van der Waals surface area contributed by atoms with Gasteiger partial charge in [-0.2, -0.15) is 0 Å². The number of hydrogen-bond donors (Lipinski definition) is 1. The van der Waals surface area contributed by atoms with Gasteiger partial charge < -0.3 is 10.2 Å². The zero-order valence-electron chi connectivity index (χ0n) is 13.9. The minimum Gasteiger partial charge on any atom is -0.340 e. The van der Waals surface area contributed by atoms with Crippen molar-refractivity contribution in [2.24, 2.45) is 11.8 Å². The second-order valence-corrected chi connectivity index (χ2v) is 6.84. The number of rotatable bonds is 4. The van der Waals surface area contributed by atoms with Crippen LogP contribution in [0.4, 0.5) is 5.69 Å². The highest BCUT2D eigenvalue weighted by Crippen LogP contribution is 2.39. The minimum absolute atomic E-state index is 0.00412. The lowest BCUT2D eigenvalue weighted by Gasteiger charge is -2.34. The van der Waals surface area contributed by atoms with Crippen molar-refractivity contribution in [3.63, 3.8) is 0 Å². The van der Waals surface area contributed by atoms with Crippen LogP contribution in [0.3, 0.4) is 0 Å². The Bertz CT molecular complexity index is 576. The van der Waals surface area contributed by atoms with Gasteiger partial charge in [0.2, 0.25) is 11.8 Å². The van der Waals surface area contributed by atoms with Crippen LogP contribution in [-0.2, 0) is 9.59 Å². The number of hydrogen-bond acceptors (Lipinski definition) is 3. The second kappa shape index (κ2) is 6.71. The van der Waals surface area contributed by atoms with Crippen molar-refractivity contribution in [2.75, 3.05) is 38.0 Å². The van der Waals surface area contributed by atoms with E-state index in [2.05, 4.69) is 17.1 Å². The summed E-state index contributed by atoms with van der Waals surface area (Å²) in [6.07, 6.45) is 1.04. The molecule has 1 aliphatic carbocycles. The Kier molecular flexibility index (Phi) is 4.66. The number of nitrogens with one attached hydrogen (secondary N) is 1. The van der Waals surface area contributed by atoms with Gasteiger partial charge in [-0.15, -0.1) is 0 Å². The van der Waals surface area contributed by atoms with Crippen LogP contribution in [0.5, 0.6) is 0 Å². The molecule has 0 aromatic heterocycles. The Morgan fingerprint density at radius 2 is 1.74 bits per heavy atom. The van der Waals surface area contributed by atoms with Crippen molar-refractivity contribution in [3.8, 4) is 0 Å². The van der Waals surface area contributed by atoms with Crippen LogP contribution < -0.4 is 5.32 Å². The Morgan fingerprint density at radius 1 is 1.13 bits per heavy atom. The lowest BCUT2D eigenvalue weighted by molar-refractivity contribution is -0.134. The number of carbonyl (C=O) groups is 2. The van der Waals surface area contributed by atoms with Crippen LogP contribution in [0.25, 0.3) is 0 Å². The first-order chi connectivity index (χ1) is 11.0. The number of anilines is 1. The van der Waals surface area contributed by atoms with E-state index in [0.29, 0.717) is 18.4 Å². The topological polar surface area (TPSA) is 52.7 Å². The van der Waals surface area contributed by atoms with Crippen molar-refractivity contribution in [3.05, 3.63) is 29.8 Å². The Labute approximate surface area is 137 Å². The predicted octanol–water partition coefficient (Wildman–Crippen LogP) is 1.73. The largest absolute Gasteiger partial charge is 0.340 e. The smallest absolute Gasteiger partial charge is 0.238 e. The minimum atomic E-state index is 0.00412. The summed E-state index contributed by atoms with van der Waals surface area (Å²) in [7, 11) is 0. The summed E-state index contributed by atoms with van der Waals surface area (Å²) in [5.74, 6) is 1.12. The Hall–Kier alpha value is -1.88. The molecule has 1 aliphatic heterocycles. The van der Waals surface area contributed by atoms with Crippen LogP contribution in [0.2, 0.25) is 0 Å². The van der Waals surface area contributed by atoms with Gasteiger partial charge in [-0.25, -0.2) is 0 Å². The summed E-state index contributed by atoms with van der Waals surface area (Å²) in [5, 5.41) is 2.92. The normalized spacial score (nSPS) is 24.3. The van der Waals surface area contributed by atoms with Gasteiger partial charge in [0.25, 0.3) is 0 Å². The summed E-state index contributed by atoms with van der Waals surface area (Å²) in [5.41, 5.74) is 2.01. The van der Waals surface area contributed by atoms with Crippen molar-refractivity contribution in [2.45, 2.75) is 20.3 Å². The van der Waals surface area contributed by atoms with Crippen LogP contribution in [-0.4, -0.2) is 54.3 Å². The molecule has 0 spiro atoms. The maximum Gasteiger partial charge on any atom is 0.238 e. The average molecular weight is 315 g/mol. The van der Waals surface area contributed by atoms with Gasteiger partial charge in [0.05, 0.1) is 6.54 Å². The second-order valence-electron chi connectivity index (χ2n) is 6.84. The van der Waals surface area contributed by atoms with Gasteiger partial charge in [-0.3, -0.25) is 14.5 Å². The number of aryl methyl sites for hydroxylation is 1. The third kappa shape index (κ3) is 4.10. The molecule has 124 valence electrons. The molecule has 2 fully saturated rings. The maximum atomic E-state index is 12.2. The predicted molar refractivity (Wildman–Crippen MR) is 90.1 cm³/mol. The summed E-state index contributed by atoms with van der Waals surface area (Å²) in [4.78, 5) is 28.4. The van der Waals surface area contributed by atoms with E-state index in [4.69, 9.17) is 0 Å². The van der Waals surface area contributed by atoms with Crippen molar-refractivity contribution in [1.82, 2.24) is 9.80 Å². The first kappa shape index (κ1) is 16.0. The third-order valence-corrected chi connectivity index (χ3v) is 4.81. The van der Waals surface area contributed by atoms with Crippen LogP contribution in [0, 0.1) is 18.8 Å². The molecule has 5 heteroatoms. The van der Waals surface area contributed by atoms with Gasteiger partial charge in [-0.05, 0) is 31.4 Å². The maximum absolute atomic E-state index is 12.2. The van der Waals surface area contributed by atoms with Crippen LogP contribution in [0.15, 0.2) is 24.3 Å². The molecule has 2 amide bonds. The van der Waals surface area contributed by atoms with Crippen molar-refractivity contribution >= 4 is 17.5 Å². The molecule has 1 aromatic carbocycles. The van der Waals surface area contributed by atoms with Gasteiger partial charge in [0, 0.05) is 37.8 Å². The molecule has 0 radical (unpaired) electrons. The highest BCUT2D eigenvalue weighted by atomic mass is 16.2. The summed E-state index contributed by atoms with van der Waals surface area (Å²) >= 11 is 0. The van der Waals surface area contributed by atoms with E-state index in [9.17, 15) is 9.59 Å². The molecule has 23 heavy (non-hydrogen) atoms. The van der Waals surface area contributed by atoms with Crippen LogP contribution in [0.1, 0.15) is 18.9 Å². The zero-order valence-corrected chi connectivity index (χ0v) is 13.9. The van der Waals surface area contributed by atoms with E-state index in [1.807, 2.05) is 36.1 Å². The molecule has 1 N–H and O–H groups in total. The standard InChI is InChI=1S/C18H25N3O2/c1-13-3-5-15(6-4-13)19-17(22)12-20-7-9-21(10-8-20)18(23)16-11-14(16)2/h3-6,14,16H,7-12H2,1-2H3,(H,19,22)/t14-,16-/m1/s1. The molecular formula is C18H25N3O2. The molecule has 0 unspecified atom stereocenters. The molecule has 3 rings (SSSR count). The van der Waals surface area contributed by atoms with Gasteiger partial charge in [-0.1, -0.05) is 24.6 Å². The quantitative estimate of drug-likeness (QED) is 0.921. The van der Waals surface area contributed by atoms with E-state index < -0.39 is 0 Å². The summed E-state index contributed by atoms with van der Waals surface area (Å²) in [6, 6.07) is 7.80. The van der Waals surface area contributed by atoms with Crippen molar-refractivity contribution in [1.29, 1.82) is 0 Å². The number of carbonyl (C=O) groups excluding carboxylic acids is 2. The van der Waals surface area contributed by atoms with Gasteiger partial charge >= 0.3 is 0 Å². The monoisotopic (exact) mass is 315 g/mol. The first-order valence-corrected chi connectivity index (χ1v) is 8.40. The highest BCUT2D eigenvalue weighted by molar-refractivity contribution is 5.92. The lowest BCUT2D eigenvalue weighted by Crippen LogP contribution is -2.51. The molecule has 1 heterocycles. The first-order valence-electron chi connectivity index (χ1n) is 8.40. The Morgan fingerprint density at radius 3 is 2.30 bits per heavy atom. The molecule has 2 aliphatic rings. The number of benzene rings is 1. The number of nitrogens with zero attached hydrogens (tertiary/aromatic N) is 2. The highest BCUT2D eigenvalue weighted by Gasteiger charge is 2.41. The molecule has 2 atom stereocenters. The molecule has 1 aromatic rings.